The van der Waals surface area contributed by atoms with Crippen molar-refractivity contribution in [1.29, 1.82) is 0 Å². The van der Waals surface area contributed by atoms with Crippen molar-refractivity contribution >= 4 is 23.2 Å². The Bertz CT molecular complexity index is 754. The molecule has 4 aliphatic rings. The van der Waals surface area contributed by atoms with E-state index >= 15 is 0 Å². The summed E-state index contributed by atoms with van der Waals surface area (Å²) in [5.74, 6) is 1.26. The van der Waals surface area contributed by atoms with Gasteiger partial charge in [0.2, 0.25) is 11.8 Å². The topological polar surface area (TPSA) is 70.6 Å². The zero-order chi connectivity index (χ0) is 19.0. The molecule has 4 aliphatic carbocycles. The van der Waals surface area contributed by atoms with E-state index in [0.717, 1.165) is 19.3 Å². The fraction of sp³-hybridized carbons (Fsp3) is 0.571. The first kappa shape index (κ1) is 18.1. The summed E-state index contributed by atoms with van der Waals surface area (Å²) >= 11 is 0. The summed E-state index contributed by atoms with van der Waals surface area (Å²) in [6, 6.07) is 6.03. The van der Waals surface area contributed by atoms with Crippen LogP contribution in [0.15, 0.2) is 29.4 Å². The smallest absolute Gasteiger partial charge is 0.246 e. The third-order valence-corrected chi connectivity index (χ3v) is 6.43. The van der Waals surface area contributed by atoms with Crippen molar-refractivity contribution in [2.75, 3.05) is 5.32 Å². The predicted molar refractivity (Wildman–Crippen MR) is 102 cm³/mol. The quantitative estimate of drug-likeness (QED) is 0.609. The van der Waals surface area contributed by atoms with Crippen LogP contribution in [-0.4, -0.2) is 17.5 Å². The van der Waals surface area contributed by atoms with Crippen LogP contribution in [0.3, 0.4) is 0 Å². The van der Waals surface area contributed by atoms with Crippen molar-refractivity contribution < 1.29 is 14.0 Å². The number of anilines is 1. The predicted octanol–water partition coefficient (Wildman–Crippen LogP) is 3.86. The van der Waals surface area contributed by atoms with Gasteiger partial charge in [-0.3, -0.25) is 9.59 Å². The third-order valence-electron chi connectivity index (χ3n) is 6.43. The molecule has 144 valence electrons. The second-order valence-corrected chi connectivity index (χ2v) is 8.69. The standard InChI is InChI=1S/C21H26FN3O2/c1-13(6-19(26)23-18-5-3-2-4-17(18)22)24-25-20(27)21-10-14-7-15(11-21)9-16(8-14)12-21/h2-5,14-16H,6-12H2,1H3,(H,23,26)(H,25,27). The van der Waals surface area contributed by atoms with Crippen molar-refractivity contribution in [3.63, 3.8) is 0 Å². The largest absolute Gasteiger partial charge is 0.323 e. The number of hydrazone groups is 1. The van der Waals surface area contributed by atoms with E-state index in [1.807, 2.05) is 0 Å². The lowest BCUT2D eigenvalue weighted by atomic mass is 9.49. The summed E-state index contributed by atoms with van der Waals surface area (Å²) in [6.07, 6.45) is 6.80. The van der Waals surface area contributed by atoms with Gasteiger partial charge in [0.15, 0.2) is 0 Å². The minimum absolute atomic E-state index is 0.00941. The average Bonchev–Trinajstić information content (AvgIpc) is 2.60. The van der Waals surface area contributed by atoms with E-state index in [1.54, 1.807) is 19.1 Å². The molecule has 4 saturated carbocycles. The highest BCUT2D eigenvalue weighted by atomic mass is 19.1. The number of carbonyl (C=O) groups is 2. The Kier molecular flexibility index (Phi) is 4.74. The molecule has 4 bridgehead atoms. The molecule has 0 saturated heterocycles. The Morgan fingerprint density at radius 3 is 2.30 bits per heavy atom. The number of carbonyl (C=O) groups excluding carboxylic acids is 2. The number of nitrogens with zero attached hydrogens (tertiary/aromatic N) is 1. The molecule has 0 unspecified atom stereocenters. The van der Waals surface area contributed by atoms with Crippen LogP contribution in [0, 0.1) is 29.0 Å². The minimum atomic E-state index is -0.476. The van der Waals surface area contributed by atoms with Crippen LogP contribution in [0.25, 0.3) is 0 Å². The molecule has 0 radical (unpaired) electrons. The zero-order valence-electron chi connectivity index (χ0n) is 15.6. The summed E-state index contributed by atoms with van der Waals surface area (Å²) < 4.78 is 13.6. The van der Waals surface area contributed by atoms with Gasteiger partial charge in [-0.2, -0.15) is 5.10 Å². The van der Waals surface area contributed by atoms with Crippen LogP contribution in [0.2, 0.25) is 0 Å². The van der Waals surface area contributed by atoms with Crippen LogP contribution < -0.4 is 10.7 Å². The molecule has 2 N–H and O–H groups in total. The summed E-state index contributed by atoms with van der Waals surface area (Å²) in [4.78, 5) is 24.9. The lowest BCUT2D eigenvalue weighted by Crippen LogP contribution is -2.52. The molecule has 1 aromatic rings. The highest BCUT2D eigenvalue weighted by molar-refractivity contribution is 6.05. The van der Waals surface area contributed by atoms with Gasteiger partial charge in [0.05, 0.1) is 17.5 Å². The number of rotatable bonds is 5. The first-order valence-electron chi connectivity index (χ1n) is 9.81. The van der Waals surface area contributed by atoms with Gasteiger partial charge in [0.25, 0.3) is 0 Å². The SMILES string of the molecule is CC(CC(=O)Nc1ccccc1F)=NNC(=O)C12CC3CC(CC(C3)C1)C2. The molecule has 5 rings (SSSR count). The van der Waals surface area contributed by atoms with Crippen LogP contribution in [0.4, 0.5) is 10.1 Å². The van der Waals surface area contributed by atoms with Gasteiger partial charge in [0, 0.05) is 5.71 Å². The van der Waals surface area contributed by atoms with Crippen molar-refractivity contribution in [2.45, 2.75) is 51.9 Å². The van der Waals surface area contributed by atoms with Gasteiger partial charge in [0.1, 0.15) is 5.82 Å². The monoisotopic (exact) mass is 371 g/mol. The highest BCUT2D eigenvalue weighted by Crippen LogP contribution is 2.60. The molecule has 2 amide bonds. The van der Waals surface area contributed by atoms with Crippen molar-refractivity contribution in [3.05, 3.63) is 30.1 Å². The first-order chi connectivity index (χ1) is 12.9. The van der Waals surface area contributed by atoms with Crippen molar-refractivity contribution in [1.82, 2.24) is 5.43 Å². The third kappa shape index (κ3) is 3.75. The molecule has 0 aliphatic heterocycles. The molecule has 5 nitrogen and oxygen atoms in total. The van der Waals surface area contributed by atoms with Gasteiger partial charge < -0.3 is 5.32 Å². The van der Waals surface area contributed by atoms with Gasteiger partial charge in [-0.1, -0.05) is 12.1 Å². The number of hydrogen-bond donors (Lipinski definition) is 2. The van der Waals surface area contributed by atoms with Crippen molar-refractivity contribution in [2.24, 2.45) is 28.3 Å². The highest BCUT2D eigenvalue weighted by Gasteiger charge is 2.54. The van der Waals surface area contributed by atoms with E-state index in [2.05, 4.69) is 15.8 Å². The fourth-order valence-electron chi connectivity index (χ4n) is 5.68. The lowest BCUT2D eigenvalue weighted by molar-refractivity contribution is -0.146. The molecular formula is C21H26FN3O2. The Morgan fingerprint density at radius 1 is 1.11 bits per heavy atom. The Labute approximate surface area is 158 Å². The average molecular weight is 371 g/mol. The van der Waals surface area contributed by atoms with Gasteiger partial charge in [-0.15, -0.1) is 0 Å². The molecular weight excluding hydrogens is 345 g/mol. The molecule has 6 heteroatoms. The number of nitrogens with one attached hydrogen (secondary N) is 2. The Hall–Kier alpha value is -2.24. The Balaban J connectivity index is 1.33. The maximum atomic E-state index is 13.6. The summed E-state index contributed by atoms with van der Waals surface area (Å²) in [7, 11) is 0. The second-order valence-electron chi connectivity index (χ2n) is 8.69. The van der Waals surface area contributed by atoms with Gasteiger partial charge in [-0.05, 0) is 75.3 Å². The number of amides is 2. The number of hydrogen-bond acceptors (Lipinski definition) is 3. The molecule has 0 aromatic heterocycles. The van der Waals surface area contributed by atoms with E-state index in [-0.39, 0.29) is 29.3 Å². The van der Waals surface area contributed by atoms with Crippen LogP contribution in [0.1, 0.15) is 51.9 Å². The van der Waals surface area contributed by atoms with E-state index in [9.17, 15) is 14.0 Å². The molecule has 0 atom stereocenters. The molecule has 0 spiro atoms. The van der Waals surface area contributed by atoms with Crippen LogP contribution in [-0.2, 0) is 9.59 Å². The Morgan fingerprint density at radius 2 is 1.70 bits per heavy atom. The summed E-state index contributed by atoms with van der Waals surface area (Å²) in [5.41, 5.74) is 3.11. The first-order valence-corrected chi connectivity index (χ1v) is 9.81. The lowest BCUT2D eigenvalue weighted by Gasteiger charge is -2.55. The van der Waals surface area contributed by atoms with Crippen molar-refractivity contribution in [3.8, 4) is 0 Å². The fourth-order valence-corrected chi connectivity index (χ4v) is 5.68. The molecule has 4 fully saturated rings. The minimum Gasteiger partial charge on any atom is -0.323 e. The molecule has 0 heterocycles. The second kappa shape index (κ2) is 7.06. The number of halogens is 1. The zero-order valence-corrected chi connectivity index (χ0v) is 15.6. The van der Waals surface area contributed by atoms with Gasteiger partial charge in [-0.25, -0.2) is 9.82 Å². The maximum absolute atomic E-state index is 13.6. The molecule has 27 heavy (non-hydrogen) atoms. The summed E-state index contributed by atoms with van der Waals surface area (Å²) in [6.45, 7) is 1.70. The van der Waals surface area contributed by atoms with E-state index in [4.69, 9.17) is 0 Å². The van der Waals surface area contributed by atoms with E-state index < -0.39 is 5.82 Å². The van der Waals surface area contributed by atoms with Crippen LogP contribution in [0.5, 0.6) is 0 Å². The normalized spacial score (nSPS) is 31.6. The number of benzene rings is 1. The van der Waals surface area contributed by atoms with Gasteiger partial charge >= 0.3 is 0 Å². The van der Waals surface area contributed by atoms with Crippen LogP contribution >= 0.6 is 0 Å². The van der Waals surface area contributed by atoms with E-state index in [0.29, 0.717) is 23.5 Å². The maximum Gasteiger partial charge on any atom is 0.246 e. The van der Waals surface area contributed by atoms with E-state index in [1.165, 1.54) is 31.4 Å². The molecule has 1 aromatic carbocycles. The number of para-hydroxylation sites is 1. The summed E-state index contributed by atoms with van der Waals surface area (Å²) in [5, 5.41) is 6.68.